The summed E-state index contributed by atoms with van der Waals surface area (Å²) in [7, 11) is 0. The lowest BCUT2D eigenvalue weighted by atomic mass is 9.96. The van der Waals surface area contributed by atoms with Gasteiger partial charge in [-0.1, -0.05) is 19.3 Å². The first-order chi connectivity index (χ1) is 7.75. The summed E-state index contributed by atoms with van der Waals surface area (Å²) in [6, 6.07) is 0.0701. The molecule has 1 aliphatic carbocycles. The molecular weight excluding hydrogens is 206 g/mol. The Balaban J connectivity index is 1.82. The van der Waals surface area contributed by atoms with Crippen LogP contribution in [0.4, 0.5) is 16.3 Å². The van der Waals surface area contributed by atoms with Gasteiger partial charge >= 0.3 is 6.03 Å². The summed E-state index contributed by atoms with van der Waals surface area (Å²) in [5, 5.41) is 11.9. The van der Waals surface area contributed by atoms with E-state index in [1.165, 1.54) is 25.5 Å². The number of hydrogen-bond acceptors (Lipinski definition) is 3. The van der Waals surface area contributed by atoms with Crippen LogP contribution in [0.15, 0.2) is 6.20 Å². The van der Waals surface area contributed by atoms with E-state index in [2.05, 4.69) is 20.8 Å². The Morgan fingerprint density at radius 1 is 1.44 bits per heavy atom. The van der Waals surface area contributed by atoms with E-state index in [-0.39, 0.29) is 12.1 Å². The zero-order chi connectivity index (χ0) is 11.4. The summed E-state index contributed by atoms with van der Waals surface area (Å²) in [5.74, 6) is 0.452. The van der Waals surface area contributed by atoms with E-state index in [1.807, 2.05) is 0 Å². The van der Waals surface area contributed by atoms with Crippen LogP contribution in [0, 0.1) is 0 Å². The molecule has 1 aromatic rings. The summed E-state index contributed by atoms with van der Waals surface area (Å²) in [6.45, 7) is 0. The third kappa shape index (κ3) is 2.65. The van der Waals surface area contributed by atoms with Crippen LogP contribution >= 0.6 is 0 Å². The number of hydrogen-bond donors (Lipinski definition) is 4. The number of carbonyl (C=O) groups excluding carboxylic acids is 1. The molecule has 1 heterocycles. The number of aromatic amines is 1. The normalized spacial score (nSPS) is 17.0. The smallest absolute Gasteiger partial charge is 0.320 e. The van der Waals surface area contributed by atoms with Gasteiger partial charge in [-0.15, -0.1) is 0 Å². The fourth-order valence-corrected chi connectivity index (χ4v) is 1.98. The van der Waals surface area contributed by atoms with Crippen molar-refractivity contribution < 1.29 is 4.79 Å². The van der Waals surface area contributed by atoms with Gasteiger partial charge in [0.25, 0.3) is 0 Å². The second kappa shape index (κ2) is 4.87. The fraction of sp³-hybridized carbons (Fsp3) is 0.600. The second-order valence-electron chi connectivity index (χ2n) is 4.13. The zero-order valence-electron chi connectivity index (χ0n) is 9.12. The molecule has 0 aliphatic heterocycles. The average Bonchev–Trinajstić information content (AvgIpc) is 2.66. The maximum absolute atomic E-state index is 11.6. The summed E-state index contributed by atoms with van der Waals surface area (Å²) >= 11 is 0. The van der Waals surface area contributed by atoms with Gasteiger partial charge in [-0.3, -0.25) is 10.4 Å². The fourth-order valence-electron chi connectivity index (χ4n) is 1.98. The minimum Gasteiger partial charge on any atom is -0.394 e. The van der Waals surface area contributed by atoms with Crippen molar-refractivity contribution in [2.24, 2.45) is 0 Å². The lowest BCUT2D eigenvalue weighted by Gasteiger charge is -2.22. The van der Waals surface area contributed by atoms with Gasteiger partial charge in [-0.25, -0.2) is 4.79 Å². The van der Waals surface area contributed by atoms with Crippen molar-refractivity contribution >= 4 is 17.5 Å². The van der Waals surface area contributed by atoms with Gasteiger partial charge in [-0.2, -0.15) is 5.10 Å². The van der Waals surface area contributed by atoms with Crippen molar-refractivity contribution in [1.82, 2.24) is 15.5 Å². The molecule has 0 unspecified atom stereocenters. The Kier molecular flexibility index (Phi) is 3.28. The summed E-state index contributed by atoms with van der Waals surface area (Å²) in [4.78, 5) is 11.6. The average molecular weight is 223 g/mol. The molecule has 0 radical (unpaired) electrons. The van der Waals surface area contributed by atoms with Crippen molar-refractivity contribution in [2.45, 2.75) is 38.1 Å². The van der Waals surface area contributed by atoms with Crippen LogP contribution in [0.1, 0.15) is 32.1 Å². The van der Waals surface area contributed by atoms with Gasteiger partial charge < -0.3 is 11.1 Å². The van der Waals surface area contributed by atoms with Crippen LogP contribution in [-0.2, 0) is 0 Å². The Labute approximate surface area is 94.0 Å². The molecule has 0 atom stereocenters. The molecule has 1 aromatic heterocycles. The van der Waals surface area contributed by atoms with Crippen LogP contribution in [0.25, 0.3) is 0 Å². The van der Waals surface area contributed by atoms with E-state index in [0.29, 0.717) is 11.5 Å². The third-order valence-corrected chi connectivity index (χ3v) is 2.85. The number of nitrogens with zero attached hydrogens (tertiary/aromatic N) is 1. The lowest BCUT2D eigenvalue weighted by molar-refractivity contribution is 0.244. The highest BCUT2D eigenvalue weighted by Crippen LogP contribution is 2.18. The molecule has 1 saturated carbocycles. The molecular formula is C10H17N5O. The molecule has 88 valence electrons. The minimum atomic E-state index is -0.220. The van der Waals surface area contributed by atoms with Gasteiger partial charge in [-0.05, 0) is 12.8 Å². The van der Waals surface area contributed by atoms with E-state index in [4.69, 9.17) is 5.73 Å². The highest BCUT2D eigenvalue weighted by atomic mass is 16.2. The Morgan fingerprint density at radius 3 is 2.81 bits per heavy atom. The maximum Gasteiger partial charge on any atom is 0.320 e. The predicted molar refractivity (Wildman–Crippen MR) is 62.0 cm³/mol. The maximum atomic E-state index is 11.6. The van der Waals surface area contributed by atoms with Crippen LogP contribution in [0.3, 0.4) is 0 Å². The van der Waals surface area contributed by atoms with E-state index in [1.54, 1.807) is 0 Å². The Hall–Kier alpha value is -1.72. The Bertz CT molecular complexity index is 356. The number of urea groups is 1. The number of aromatic nitrogens is 2. The second-order valence-corrected chi connectivity index (χ2v) is 4.13. The van der Waals surface area contributed by atoms with Gasteiger partial charge in [0.15, 0.2) is 5.82 Å². The summed E-state index contributed by atoms with van der Waals surface area (Å²) < 4.78 is 0. The molecule has 1 aliphatic rings. The largest absolute Gasteiger partial charge is 0.394 e. The van der Waals surface area contributed by atoms with Crippen molar-refractivity contribution in [3.05, 3.63) is 6.20 Å². The number of carbonyl (C=O) groups is 1. The van der Waals surface area contributed by atoms with E-state index in [9.17, 15) is 4.79 Å². The topological polar surface area (TPSA) is 95.8 Å². The lowest BCUT2D eigenvalue weighted by Crippen LogP contribution is -2.39. The van der Waals surface area contributed by atoms with Crippen LogP contribution in [-0.4, -0.2) is 22.3 Å². The molecule has 0 saturated heterocycles. The van der Waals surface area contributed by atoms with Gasteiger partial charge in [0.05, 0.1) is 11.9 Å². The molecule has 6 heteroatoms. The first-order valence-electron chi connectivity index (χ1n) is 5.62. The molecule has 0 aromatic carbocycles. The number of rotatable bonds is 2. The monoisotopic (exact) mass is 223 g/mol. The quantitative estimate of drug-likeness (QED) is 0.611. The van der Waals surface area contributed by atoms with Gasteiger partial charge in [0.2, 0.25) is 0 Å². The summed E-state index contributed by atoms with van der Waals surface area (Å²) in [6.07, 6.45) is 7.25. The SMILES string of the molecule is Nc1cn[nH]c1NC(=O)NC1CCCCC1. The molecule has 0 spiro atoms. The van der Waals surface area contributed by atoms with Crippen molar-refractivity contribution in [3.8, 4) is 0 Å². The Morgan fingerprint density at radius 2 is 2.19 bits per heavy atom. The van der Waals surface area contributed by atoms with Crippen LogP contribution < -0.4 is 16.4 Å². The molecule has 6 nitrogen and oxygen atoms in total. The van der Waals surface area contributed by atoms with Crippen molar-refractivity contribution in [1.29, 1.82) is 0 Å². The molecule has 1 fully saturated rings. The van der Waals surface area contributed by atoms with E-state index >= 15 is 0 Å². The first-order valence-corrected chi connectivity index (χ1v) is 5.62. The van der Waals surface area contributed by atoms with Crippen molar-refractivity contribution in [2.75, 3.05) is 11.1 Å². The number of amides is 2. The molecule has 5 N–H and O–H groups in total. The number of nitrogens with one attached hydrogen (secondary N) is 3. The minimum absolute atomic E-state index is 0.220. The first kappa shape index (κ1) is 10.8. The number of nitrogen functional groups attached to an aromatic ring is 1. The third-order valence-electron chi connectivity index (χ3n) is 2.85. The van der Waals surface area contributed by atoms with E-state index < -0.39 is 0 Å². The highest BCUT2D eigenvalue weighted by molar-refractivity contribution is 5.91. The van der Waals surface area contributed by atoms with Crippen molar-refractivity contribution in [3.63, 3.8) is 0 Å². The summed E-state index contributed by atoms with van der Waals surface area (Å²) in [5.41, 5.74) is 6.03. The van der Waals surface area contributed by atoms with Gasteiger partial charge in [0.1, 0.15) is 0 Å². The van der Waals surface area contributed by atoms with Gasteiger partial charge in [0, 0.05) is 6.04 Å². The zero-order valence-corrected chi connectivity index (χ0v) is 9.12. The van der Waals surface area contributed by atoms with Crippen LogP contribution in [0.2, 0.25) is 0 Å². The number of anilines is 2. The number of nitrogens with two attached hydrogens (primary N) is 1. The predicted octanol–water partition coefficient (Wildman–Crippen LogP) is 1.45. The number of H-pyrrole nitrogens is 1. The molecule has 2 amide bonds. The molecule has 16 heavy (non-hydrogen) atoms. The highest BCUT2D eigenvalue weighted by Gasteiger charge is 2.16. The van der Waals surface area contributed by atoms with E-state index in [0.717, 1.165) is 12.8 Å². The standard InChI is InChI=1S/C10H17N5O/c11-8-6-12-15-9(8)14-10(16)13-7-4-2-1-3-5-7/h6-7H,1-5,11H2,(H3,12,13,14,15,16). The molecule has 2 rings (SSSR count). The molecule has 0 bridgehead atoms. The van der Waals surface area contributed by atoms with Crippen LogP contribution in [0.5, 0.6) is 0 Å².